The molecule has 7 heteroatoms. The lowest BCUT2D eigenvalue weighted by atomic mass is 9.81. The number of likely N-dealkylation sites (tertiary alicyclic amines) is 2. The standard InChI is InChI=1S/C31H45FN4O2/c1-5-27-29(28-11-6-7-14-36(28)33-27)22-12-15-35(16-13-22)21(2)25-18-34(20-31(3,4)30(37)38)19-26(25)23-9-8-10-24(32)17-23/h8-10,17,21-22,25-26H,5-7,11-16,18-20H2,1-4H3,(H,37,38). The van der Waals surface area contributed by atoms with E-state index in [1.165, 1.54) is 36.7 Å². The topological polar surface area (TPSA) is 61.6 Å². The SMILES string of the molecule is CCc1nn2c(c1C1CCN(C(C)C3CN(CC(C)(C)C(=O)O)CC3c3cccc(F)c3)CC1)CCCC2. The monoisotopic (exact) mass is 524 g/mol. The molecule has 1 N–H and O–H groups in total. The van der Waals surface area contributed by atoms with E-state index >= 15 is 0 Å². The number of carboxylic acids is 1. The van der Waals surface area contributed by atoms with Crippen molar-refractivity contribution in [2.45, 2.75) is 90.6 Å². The van der Waals surface area contributed by atoms with Gasteiger partial charge < -0.3 is 14.9 Å². The number of carboxylic acid groups (broad SMARTS) is 1. The second-order valence-electron chi connectivity index (χ2n) is 12.6. The number of fused-ring (bicyclic) bond motifs is 1. The van der Waals surface area contributed by atoms with E-state index < -0.39 is 11.4 Å². The smallest absolute Gasteiger partial charge is 0.310 e. The lowest BCUT2D eigenvalue weighted by Gasteiger charge is -2.40. The van der Waals surface area contributed by atoms with Gasteiger partial charge in [-0.05, 0) is 107 Å². The zero-order valence-corrected chi connectivity index (χ0v) is 23.6. The van der Waals surface area contributed by atoms with E-state index in [2.05, 4.69) is 28.3 Å². The van der Waals surface area contributed by atoms with Crippen LogP contribution in [-0.4, -0.2) is 69.4 Å². The molecule has 3 aliphatic heterocycles. The van der Waals surface area contributed by atoms with Crippen molar-refractivity contribution in [2.24, 2.45) is 11.3 Å². The van der Waals surface area contributed by atoms with Gasteiger partial charge in [0, 0.05) is 43.8 Å². The summed E-state index contributed by atoms with van der Waals surface area (Å²) in [6.07, 6.45) is 6.99. The average molecular weight is 525 g/mol. The molecule has 3 unspecified atom stereocenters. The fourth-order valence-corrected chi connectivity index (χ4v) is 7.41. The lowest BCUT2D eigenvalue weighted by molar-refractivity contribution is -0.147. The quantitative estimate of drug-likeness (QED) is 0.507. The Kier molecular flexibility index (Phi) is 7.97. The van der Waals surface area contributed by atoms with Gasteiger partial charge in [-0.25, -0.2) is 4.39 Å². The van der Waals surface area contributed by atoms with Crippen LogP contribution in [0.25, 0.3) is 0 Å². The van der Waals surface area contributed by atoms with Gasteiger partial charge in [0.05, 0.1) is 11.1 Å². The Hall–Kier alpha value is -2.25. The molecule has 3 aliphatic rings. The Morgan fingerprint density at radius 3 is 2.63 bits per heavy atom. The molecular formula is C31H45FN4O2. The van der Waals surface area contributed by atoms with Crippen LogP contribution >= 0.6 is 0 Å². The molecule has 6 nitrogen and oxygen atoms in total. The predicted molar refractivity (Wildman–Crippen MR) is 148 cm³/mol. The number of aliphatic carboxylic acids is 1. The third-order valence-corrected chi connectivity index (χ3v) is 9.59. The predicted octanol–water partition coefficient (Wildman–Crippen LogP) is 5.32. The number of aryl methyl sites for hydroxylation is 2. The Balaban J connectivity index is 1.31. The maximum atomic E-state index is 14.2. The zero-order chi connectivity index (χ0) is 27.0. The molecule has 0 spiro atoms. The zero-order valence-electron chi connectivity index (χ0n) is 23.6. The van der Waals surface area contributed by atoms with Crippen LogP contribution in [-0.2, 0) is 24.2 Å². The van der Waals surface area contributed by atoms with E-state index in [1.807, 2.05) is 6.07 Å². The molecule has 4 heterocycles. The molecule has 2 fully saturated rings. The highest BCUT2D eigenvalue weighted by Gasteiger charge is 2.42. The minimum Gasteiger partial charge on any atom is -0.481 e. The third-order valence-electron chi connectivity index (χ3n) is 9.59. The molecular weight excluding hydrogens is 479 g/mol. The number of aromatic nitrogens is 2. The first-order valence-electron chi connectivity index (χ1n) is 14.7. The van der Waals surface area contributed by atoms with Crippen LogP contribution in [0.2, 0.25) is 0 Å². The maximum Gasteiger partial charge on any atom is 0.310 e. The highest BCUT2D eigenvalue weighted by Crippen LogP contribution is 2.41. The van der Waals surface area contributed by atoms with Crippen molar-refractivity contribution >= 4 is 5.97 Å². The number of piperidine rings is 1. The van der Waals surface area contributed by atoms with E-state index in [1.54, 1.807) is 31.5 Å². The summed E-state index contributed by atoms with van der Waals surface area (Å²) in [7, 11) is 0. The highest BCUT2D eigenvalue weighted by atomic mass is 19.1. The Labute approximate surface area is 227 Å². The van der Waals surface area contributed by atoms with Gasteiger partial charge in [0.15, 0.2) is 0 Å². The summed E-state index contributed by atoms with van der Waals surface area (Å²) in [4.78, 5) is 16.8. The number of carbonyl (C=O) groups is 1. The molecule has 0 radical (unpaired) electrons. The summed E-state index contributed by atoms with van der Waals surface area (Å²) in [5, 5.41) is 14.7. The van der Waals surface area contributed by atoms with Gasteiger partial charge in [-0.15, -0.1) is 0 Å². The number of benzene rings is 1. The fourth-order valence-electron chi connectivity index (χ4n) is 7.41. The Morgan fingerprint density at radius 1 is 1.18 bits per heavy atom. The molecule has 2 saturated heterocycles. The molecule has 0 saturated carbocycles. The van der Waals surface area contributed by atoms with Crippen LogP contribution in [0.3, 0.4) is 0 Å². The van der Waals surface area contributed by atoms with Crippen LogP contribution in [0.1, 0.15) is 87.7 Å². The van der Waals surface area contributed by atoms with Crippen LogP contribution in [0.5, 0.6) is 0 Å². The first-order chi connectivity index (χ1) is 18.2. The molecule has 3 atom stereocenters. The first-order valence-corrected chi connectivity index (χ1v) is 14.7. The normalized spacial score (nSPS) is 24.4. The summed E-state index contributed by atoms with van der Waals surface area (Å²) < 4.78 is 16.5. The Bertz CT molecular complexity index is 1140. The van der Waals surface area contributed by atoms with Gasteiger partial charge in [-0.1, -0.05) is 19.1 Å². The van der Waals surface area contributed by atoms with Gasteiger partial charge >= 0.3 is 5.97 Å². The van der Waals surface area contributed by atoms with E-state index in [-0.39, 0.29) is 11.7 Å². The van der Waals surface area contributed by atoms with Crippen molar-refractivity contribution in [3.63, 3.8) is 0 Å². The molecule has 0 amide bonds. The largest absolute Gasteiger partial charge is 0.481 e. The van der Waals surface area contributed by atoms with Gasteiger partial charge in [-0.2, -0.15) is 5.10 Å². The minimum absolute atomic E-state index is 0.192. The van der Waals surface area contributed by atoms with Crippen molar-refractivity contribution < 1.29 is 14.3 Å². The molecule has 0 aliphatic carbocycles. The van der Waals surface area contributed by atoms with Crippen molar-refractivity contribution in [1.29, 1.82) is 0 Å². The molecule has 208 valence electrons. The van der Waals surface area contributed by atoms with Gasteiger partial charge in [0.25, 0.3) is 0 Å². The summed E-state index contributed by atoms with van der Waals surface area (Å²) in [6, 6.07) is 7.37. The number of rotatable bonds is 8. The van der Waals surface area contributed by atoms with E-state index in [0.717, 1.165) is 57.5 Å². The van der Waals surface area contributed by atoms with Crippen LogP contribution in [0.15, 0.2) is 24.3 Å². The van der Waals surface area contributed by atoms with Crippen molar-refractivity contribution in [2.75, 3.05) is 32.7 Å². The van der Waals surface area contributed by atoms with Crippen molar-refractivity contribution in [3.8, 4) is 0 Å². The molecule has 2 aromatic rings. The van der Waals surface area contributed by atoms with E-state index in [0.29, 0.717) is 24.4 Å². The van der Waals surface area contributed by atoms with Crippen molar-refractivity contribution in [1.82, 2.24) is 19.6 Å². The van der Waals surface area contributed by atoms with Crippen molar-refractivity contribution in [3.05, 3.63) is 52.6 Å². The van der Waals surface area contributed by atoms with Gasteiger partial charge in [-0.3, -0.25) is 9.48 Å². The minimum atomic E-state index is -0.815. The van der Waals surface area contributed by atoms with E-state index in [9.17, 15) is 14.3 Å². The summed E-state index contributed by atoms with van der Waals surface area (Å²) in [5.74, 6) is 0.138. The van der Waals surface area contributed by atoms with Crippen LogP contribution in [0, 0.1) is 17.2 Å². The average Bonchev–Trinajstić information content (AvgIpc) is 3.49. The second kappa shape index (κ2) is 11.1. The van der Waals surface area contributed by atoms with E-state index in [4.69, 9.17) is 5.10 Å². The highest BCUT2D eigenvalue weighted by molar-refractivity contribution is 5.73. The third kappa shape index (κ3) is 5.42. The van der Waals surface area contributed by atoms with Crippen LogP contribution < -0.4 is 0 Å². The lowest BCUT2D eigenvalue weighted by Crippen LogP contribution is -2.45. The maximum absolute atomic E-state index is 14.2. The number of nitrogens with zero attached hydrogens (tertiary/aromatic N) is 4. The number of hydrogen-bond acceptors (Lipinski definition) is 4. The molecule has 0 bridgehead atoms. The summed E-state index contributed by atoms with van der Waals surface area (Å²) in [6.45, 7) is 13.5. The molecule has 38 heavy (non-hydrogen) atoms. The summed E-state index contributed by atoms with van der Waals surface area (Å²) in [5.41, 5.74) is 4.59. The molecule has 5 rings (SSSR count). The molecule has 1 aromatic heterocycles. The van der Waals surface area contributed by atoms with Crippen LogP contribution in [0.4, 0.5) is 4.39 Å². The first kappa shape index (κ1) is 27.3. The fraction of sp³-hybridized carbons (Fsp3) is 0.677. The second-order valence-corrected chi connectivity index (χ2v) is 12.6. The number of hydrogen-bond donors (Lipinski definition) is 1. The Morgan fingerprint density at radius 2 is 1.95 bits per heavy atom. The number of halogens is 1. The summed E-state index contributed by atoms with van der Waals surface area (Å²) >= 11 is 0. The molecule has 1 aromatic carbocycles. The van der Waals surface area contributed by atoms with Gasteiger partial charge in [0.1, 0.15) is 5.82 Å². The van der Waals surface area contributed by atoms with Gasteiger partial charge in [0.2, 0.25) is 0 Å².